The molecule has 2 heterocycles. The second-order valence-electron chi connectivity index (χ2n) is 20.8. The number of carboxylic acid groups (broad SMARTS) is 1. The molecule has 0 spiro atoms. The van der Waals surface area contributed by atoms with Crippen LogP contribution in [0.25, 0.3) is 0 Å². The predicted molar refractivity (Wildman–Crippen MR) is 199 cm³/mol. The monoisotopic (exact) mass is 796 g/mol. The molecule has 0 radical (unpaired) electrons. The molecule has 320 valence electrons. The van der Waals surface area contributed by atoms with Gasteiger partial charge in [-0.15, -0.1) is 0 Å². The first-order chi connectivity index (χ1) is 26.0. The Balaban J connectivity index is 1.17. The summed E-state index contributed by atoms with van der Waals surface area (Å²) in [6.07, 6.45) is -8.23. The SMILES string of the molecule is CC1(C)C[C@@H]2C3=CC[C@H]4[C@@]5(C)CC[C@@H](O[C@H]6O[C@H](C(=O)O)[C@@H](O)[C@H](O)[C@@H]6O[C@@H]6O[C@H](CO)[C@H](O)[C@H](O)[C@@H]6O)[C@](C)(CO)[C@H]5CC[C@]4(C)[C@]3(C)CC[C@@]2(C)[C@@H](O)C1. The number of hydrogen-bond acceptors (Lipinski definition) is 13. The summed E-state index contributed by atoms with van der Waals surface area (Å²) in [5, 5.41) is 96.0. The topological polar surface area (TPSA) is 236 Å². The summed E-state index contributed by atoms with van der Waals surface area (Å²) >= 11 is 0. The Morgan fingerprint density at radius 2 is 1.45 bits per heavy atom. The second kappa shape index (κ2) is 14.4. The molecule has 0 aromatic carbocycles. The number of aliphatic hydroxyl groups excluding tert-OH is 8. The van der Waals surface area contributed by atoms with E-state index in [4.69, 9.17) is 18.9 Å². The van der Waals surface area contributed by atoms with Gasteiger partial charge in [-0.2, -0.15) is 0 Å². The third kappa shape index (κ3) is 6.21. The van der Waals surface area contributed by atoms with Gasteiger partial charge >= 0.3 is 5.97 Å². The number of hydrogen-bond donors (Lipinski definition) is 9. The van der Waals surface area contributed by atoms with Gasteiger partial charge in [-0.1, -0.05) is 60.1 Å². The number of carboxylic acids is 1. The van der Waals surface area contributed by atoms with Gasteiger partial charge in [0.1, 0.15) is 42.7 Å². The molecule has 0 bridgehead atoms. The van der Waals surface area contributed by atoms with Crippen LogP contribution in [0, 0.1) is 50.2 Å². The largest absolute Gasteiger partial charge is 0.479 e. The molecule has 2 saturated heterocycles. The average molecular weight is 797 g/mol. The van der Waals surface area contributed by atoms with Crippen molar-refractivity contribution >= 4 is 5.97 Å². The number of carbonyl (C=O) groups is 1. The summed E-state index contributed by atoms with van der Waals surface area (Å²) in [6, 6.07) is 0. The third-order valence-corrected chi connectivity index (χ3v) is 17.4. The predicted octanol–water partition coefficient (Wildman–Crippen LogP) is 1.85. The van der Waals surface area contributed by atoms with Crippen molar-refractivity contribution in [2.75, 3.05) is 13.2 Å². The minimum atomic E-state index is -1.97. The molecule has 4 saturated carbocycles. The third-order valence-electron chi connectivity index (χ3n) is 17.4. The van der Waals surface area contributed by atoms with Crippen LogP contribution in [0.4, 0.5) is 0 Å². The molecule has 0 amide bonds. The highest BCUT2D eigenvalue weighted by atomic mass is 16.8. The first-order valence-electron chi connectivity index (χ1n) is 20.9. The molecular formula is C42H68O14. The summed E-state index contributed by atoms with van der Waals surface area (Å²) in [6.45, 7) is 15.2. The van der Waals surface area contributed by atoms with Gasteiger partial charge in [0.05, 0.1) is 25.4 Å². The number of rotatable bonds is 7. The molecule has 9 N–H and O–H groups in total. The molecule has 2 aliphatic heterocycles. The van der Waals surface area contributed by atoms with Gasteiger partial charge in [-0.05, 0) is 97.2 Å². The van der Waals surface area contributed by atoms with Crippen LogP contribution in [0.15, 0.2) is 11.6 Å². The van der Waals surface area contributed by atoms with Gasteiger partial charge in [0.2, 0.25) is 0 Å². The van der Waals surface area contributed by atoms with Crippen molar-refractivity contribution in [2.45, 2.75) is 180 Å². The quantitative estimate of drug-likeness (QED) is 0.132. The summed E-state index contributed by atoms with van der Waals surface area (Å²) in [4.78, 5) is 12.2. The van der Waals surface area contributed by atoms with E-state index >= 15 is 0 Å². The molecule has 7 aliphatic rings. The van der Waals surface area contributed by atoms with E-state index in [1.807, 2.05) is 6.92 Å². The van der Waals surface area contributed by atoms with Crippen molar-refractivity contribution in [2.24, 2.45) is 50.2 Å². The van der Waals surface area contributed by atoms with E-state index in [2.05, 4.69) is 47.6 Å². The zero-order valence-electron chi connectivity index (χ0n) is 34.1. The lowest BCUT2D eigenvalue weighted by Gasteiger charge is -2.72. The molecule has 6 fully saturated rings. The van der Waals surface area contributed by atoms with Crippen LogP contribution < -0.4 is 0 Å². The fourth-order valence-corrected chi connectivity index (χ4v) is 13.7. The van der Waals surface area contributed by atoms with Crippen LogP contribution in [0.3, 0.4) is 0 Å². The minimum absolute atomic E-state index is 0.0149. The summed E-state index contributed by atoms with van der Waals surface area (Å²) in [7, 11) is 0. The van der Waals surface area contributed by atoms with Crippen molar-refractivity contribution in [1.29, 1.82) is 0 Å². The van der Waals surface area contributed by atoms with Gasteiger partial charge < -0.3 is 64.9 Å². The number of ether oxygens (including phenoxy) is 4. The van der Waals surface area contributed by atoms with Gasteiger partial charge in [0.15, 0.2) is 18.7 Å². The molecule has 0 unspecified atom stereocenters. The first-order valence-corrected chi connectivity index (χ1v) is 20.9. The van der Waals surface area contributed by atoms with E-state index in [0.29, 0.717) is 18.3 Å². The Bertz CT molecular complexity index is 1520. The molecule has 0 aromatic rings. The first kappa shape index (κ1) is 42.8. The van der Waals surface area contributed by atoms with Crippen LogP contribution in [-0.2, 0) is 23.7 Å². The molecular weight excluding hydrogens is 728 g/mol. The molecule has 20 atom stereocenters. The van der Waals surface area contributed by atoms with E-state index in [1.165, 1.54) is 5.57 Å². The second-order valence-corrected chi connectivity index (χ2v) is 20.8. The van der Waals surface area contributed by atoms with E-state index < -0.39 is 85.5 Å². The highest BCUT2D eigenvalue weighted by Gasteiger charge is 2.69. The molecule has 7 rings (SSSR count). The average Bonchev–Trinajstić information content (AvgIpc) is 3.13. The van der Waals surface area contributed by atoms with Crippen molar-refractivity contribution < 1.29 is 69.7 Å². The number of aliphatic carboxylic acids is 1. The molecule has 0 aromatic heterocycles. The Hall–Kier alpha value is -1.27. The standard InChI is InChI=1S/C42H68O14/c1-37(2)16-21-20-8-9-24-39(4)12-11-26(40(5,19-44)23(39)10-13-42(24,7)41(20,6)15-14-38(21,3)25(45)17-37)54-36-33(30(49)29(48)32(55-36)34(51)52)56-35-31(50)28(47)27(46)22(18-43)53-35/h8,21-33,35-36,43-50H,9-19H2,1-7H3,(H,51,52)/t21-,22-,23+,24+,25+,26-,27+,28+,29+,30+,31+,32+,33+,35+,36+,38-,39+,40-,41-,42+/m1/s1. The van der Waals surface area contributed by atoms with E-state index in [-0.39, 0.29) is 45.7 Å². The van der Waals surface area contributed by atoms with Crippen molar-refractivity contribution in [3.63, 3.8) is 0 Å². The highest BCUT2D eigenvalue weighted by Crippen LogP contribution is 2.76. The maximum atomic E-state index is 12.2. The fraction of sp³-hybridized carbons (Fsp3) is 0.929. The van der Waals surface area contributed by atoms with Crippen molar-refractivity contribution in [3.8, 4) is 0 Å². The lowest BCUT2D eigenvalue weighted by atomic mass is 9.33. The number of aliphatic hydroxyl groups is 8. The maximum Gasteiger partial charge on any atom is 0.335 e. The summed E-state index contributed by atoms with van der Waals surface area (Å²) in [5.41, 5.74) is 0.271. The molecule has 5 aliphatic carbocycles. The highest BCUT2D eigenvalue weighted by molar-refractivity contribution is 5.73. The smallest absolute Gasteiger partial charge is 0.335 e. The van der Waals surface area contributed by atoms with Crippen LogP contribution >= 0.6 is 0 Å². The van der Waals surface area contributed by atoms with Gasteiger partial charge in [-0.3, -0.25) is 0 Å². The normalized spacial score (nSPS) is 55.5. The number of allylic oxidation sites excluding steroid dienone is 2. The van der Waals surface area contributed by atoms with E-state index in [0.717, 1.165) is 51.4 Å². The van der Waals surface area contributed by atoms with Gasteiger partial charge in [-0.25, -0.2) is 4.79 Å². The molecule has 14 nitrogen and oxygen atoms in total. The maximum absolute atomic E-state index is 12.2. The Kier molecular flexibility index (Phi) is 11.0. The van der Waals surface area contributed by atoms with Crippen molar-refractivity contribution in [3.05, 3.63) is 11.6 Å². The lowest BCUT2D eigenvalue weighted by molar-refractivity contribution is -0.375. The number of fused-ring (bicyclic) bond motifs is 7. The van der Waals surface area contributed by atoms with Gasteiger partial charge in [0, 0.05) is 10.8 Å². The molecule has 56 heavy (non-hydrogen) atoms. The van der Waals surface area contributed by atoms with E-state index in [1.54, 1.807) is 0 Å². The lowest BCUT2D eigenvalue weighted by Crippen LogP contribution is -2.68. The van der Waals surface area contributed by atoms with Crippen LogP contribution in [0.5, 0.6) is 0 Å². The fourth-order valence-electron chi connectivity index (χ4n) is 13.7. The Labute approximate surface area is 330 Å². The summed E-state index contributed by atoms with van der Waals surface area (Å²) < 4.78 is 23.8. The molecule has 14 heteroatoms. The van der Waals surface area contributed by atoms with Crippen molar-refractivity contribution in [1.82, 2.24) is 0 Å². The zero-order valence-corrected chi connectivity index (χ0v) is 34.1. The van der Waals surface area contributed by atoms with Crippen LogP contribution in [0.2, 0.25) is 0 Å². The van der Waals surface area contributed by atoms with Crippen LogP contribution in [0.1, 0.15) is 106 Å². The van der Waals surface area contributed by atoms with Crippen LogP contribution in [-0.4, -0.2) is 139 Å². The minimum Gasteiger partial charge on any atom is -0.479 e. The van der Waals surface area contributed by atoms with E-state index in [9.17, 15) is 50.8 Å². The zero-order chi connectivity index (χ0) is 41.1. The van der Waals surface area contributed by atoms with Gasteiger partial charge in [0.25, 0.3) is 0 Å². The summed E-state index contributed by atoms with van der Waals surface area (Å²) in [5.74, 6) is -0.954. The Morgan fingerprint density at radius 3 is 2.09 bits per heavy atom. The Morgan fingerprint density at radius 1 is 0.750 bits per heavy atom.